The van der Waals surface area contributed by atoms with Gasteiger partial charge in [-0.1, -0.05) is 41.6 Å². The van der Waals surface area contributed by atoms with Crippen molar-refractivity contribution < 1.29 is 22.8 Å². The Kier molecular flexibility index (Phi) is 7.20. The van der Waals surface area contributed by atoms with Crippen LogP contribution >= 0.6 is 11.8 Å². The second-order valence-electron chi connectivity index (χ2n) is 9.91. The number of carbonyl (C=O) groups is 2. The number of piperazine rings is 1. The van der Waals surface area contributed by atoms with Gasteiger partial charge in [0.1, 0.15) is 0 Å². The van der Waals surface area contributed by atoms with E-state index >= 15 is 0 Å². The van der Waals surface area contributed by atoms with Crippen molar-refractivity contribution in [3.63, 3.8) is 0 Å². The van der Waals surface area contributed by atoms with Crippen molar-refractivity contribution in [2.75, 3.05) is 36.5 Å². The van der Waals surface area contributed by atoms with E-state index in [0.29, 0.717) is 34.8 Å². The van der Waals surface area contributed by atoms with Crippen molar-refractivity contribution in [2.24, 2.45) is 0 Å². The molecule has 9 heteroatoms. The lowest BCUT2D eigenvalue weighted by Crippen LogP contribution is -2.53. The van der Waals surface area contributed by atoms with Gasteiger partial charge in [-0.25, -0.2) is 0 Å². The molecule has 2 aliphatic rings. The lowest BCUT2D eigenvalue weighted by Gasteiger charge is -2.41. The first kappa shape index (κ1) is 26.9. The van der Waals surface area contributed by atoms with Crippen LogP contribution in [0.2, 0.25) is 0 Å². The zero-order chi connectivity index (χ0) is 27.9. The van der Waals surface area contributed by atoms with Crippen molar-refractivity contribution in [3.8, 4) is 0 Å². The Morgan fingerprint density at radius 2 is 1.69 bits per heavy atom. The molecule has 1 saturated heterocycles. The summed E-state index contributed by atoms with van der Waals surface area (Å²) in [6, 6.07) is 18.6. The molecule has 0 saturated carbocycles. The standard InChI is InChI=1S/C30H28F3N3O2S/c1-19-4-11-24(12-5-19)36-15-14-35(18-20(36)2)28(37)22-8-13-26-25(17-22)34(3)29(38)27(39-26)16-21-6-9-23(10-7-21)30(31,32)33/h4-13,16-17,20H,14-15,18H2,1-3H3/b27-16-/t20-/m1/s1. The van der Waals surface area contributed by atoms with Gasteiger partial charge in [-0.15, -0.1) is 0 Å². The summed E-state index contributed by atoms with van der Waals surface area (Å²) in [5.41, 5.74) is 3.26. The van der Waals surface area contributed by atoms with E-state index in [4.69, 9.17) is 0 Å². The van der Waals surface area contributed by atoms with Gasteiger partial charge in [-0.05, 0) is 68.0 Å². The zero-order valence-electron chi connectivity index (χ0n) is 21.8. The van der Waals surface area contributed by atoms with Crippen LogP contribution in [0.3, 0.4) is 0 Å². The maximum atomic E-state index is 13.4. The van der Waals surface area contributed by atoms with Crippen LogP contribution in [0.1, 0.15) is 34.0 Å². The number of likely N-dealkylation sites (N-methyl/N-ethyl adjacent to an activating group) is 1. The minimum absolute atomic E-state index is 0.0786. The Morgan fingerprint density at radius 3 is 2.33 bits per heavy atom. The van der Waals surface area contributed by atoms with E-state index in [1.807, 2.05) is 11.0 Å². The number of anilines is 2. The molecular weight excluding hydrogens is 523 g/mol. The molecule has 3 aromatic rings. The number of carbonyl (C=O) groups excluding carboxylic acids is 2. The van der Waals surface area contributed by atoms with Crippen molar-refractivity contribution in [3.05, 3.63) is 93.9 Å². The molecule has 5 rings (SSSR count). The number of amides is 2. The fourth-order valence-corrected chi connectivity index (χ4v) is 5.98. The molecule has 1 atom stereocenters. The largest absolute Gasteiger partial charge is 0.416 e. The van der Waals surface area contributed by atoms with Crippen LogP contribution in [0.5, 0.6) is 0 Å². The molecule has 0 spiro atoms. The van der Waals surface area contributed by atoms with Crippen LogP contribution in [-0.2, 0) is 11.0 Å². The first-order valence-corrected chi connectivity index (χ1v) is 13.4. The average molecular weight is 552 g/mol. The van der Waals surface area contributed by atoms with Gasteiger partial charge in [0.05, 0.1) is 16.2 Å². The molecule has 0 aromatic heterocycles. The third-order valence-corrected chi connectivity index (χ3v) is 8.20. The lowest BCUT2D eigenvalue weighted by molar-refractivity contribution is -0.137. The molecule has 2 heterocycles. The molecule has 0 radical (unpaired) electrons. The molecule has 0 aliphatic carbocycles. The predicted octanol–water partition coefficient (Wildman–Crippen LogP) is 6.47. The van der Waals surface area contributed by atoms with Gasteiger partial charge in [-0.3, -0.25) is 9.59 Å². The van der Waals surface area contributed by atoms with Crippen molar-refractivity contribution in [1.82, 2.24) is 4.90 Å². The topological polar surface area (TPSA) is 43.9 Å². The minimum Gasteiger partial charge on any atom is -0.365 e. The molecule has 2 amide bonds. The Labute approximate surface area is 229 Å². The monoisotopic (exact) mass is 551 g/mol. The van der Waals surface area contributed by atoms with Crippen LogP contribution in [0.15, 0.2) is 76.5 Å². The molecular formula is C30H28F3N3O2S. The number of benzene rings is 3. The molecule has 1 fully saturated rings. The quantitative estimate of drug-likeness (QED) is 0.350. The number of alkyl halides is 3. The van der Waals surface area contributed by atoms with E-state index in [0.717, 1.165) is 29.3 Å². The molecule has 39 heavy (non-hydrogen) atoms. The number of fused-ring (bicyclic) bond motifs is 1. The predicted molar refractivity (Wildman–Crippen MR) is 149 cm³/mol. The minimum atomic E-state index is -4.41. The number of nitrogens with zero attached hydrogens (tertiary/aromatic N) is 3. The summed E-state index contributed by atoms with van der Waals surface area (Å²) in [7, 11) is 1.64. The normalized spacial score (nSPS) is 18.9. The number of aryl methyl sites for hydroxylation is 1. The summed E-state index contributed by atoms with van der Waals surface area (Å²) < 4.78 is 38.6. The van der Waals surface area contributed by atoms with Crippen molar-refractivity contribution >= 4 is 41.0 Å². The van der Waals surface area contributed by atoms with Crippen LogP contribution in [0, 0.1) is 6.92 Å². The number of halogens is 3. The molecule has 0 N–H and O–H groups in total. The number of rotatable bonds is 3. The number of hydrogen-bond donors (Lipinski definition) is 0. The summed E-state index contributed by atoms with van der Waals surface area (Å²) in [5.74, 6) is -0.359. The molecule has 3 aromatic carbocycles. The fourth-order valence-electron chi connectivity index (χ4n) is 4.89. The van der Waals surface area contributed by atoms with Crippen LogP contribution in [0.4, 0.5) is 24.5 Å². The highest BCUT2D eigenvalue weighted by Gasteiger charge is 2.32. The van der Waals surface area contributed by atoms with E-state index in [2.05, 4.69) is 43.0 Å². The van der Waals surface area contributed by atoms with Crippen molar-refractivity contribution in [2.45, 2.75) is 31.0 Å². The summed E-state index contributed by atoms with van der Waals surface area (Å²) >= 11 is 1.24. The van der Waals surface area contributed by atoms with Gasteiger partial charge in [0, 0.05) is 48.9 Å². The maximum absolute atomic E-state index is 13.4. The van der Waals surface area contributed by atoms with Gasteiger partial charge < -0.3 is 14.7 Å². The summed E-state index contributed by atoms with van der Waals surface area (Å²) in [5, 5.41) is 0. The third kappa shape index (κ3) is 5.54. The molecule has 0 unspecified atom stereocenters. The van der Waals surface area contributed by atoms with E-state index in [1.165, 1.54) is 34.4 Å². The van der Waals surface area contributed by atoms with Crippen LogP contribution in [-0.4, -0.2) is 49.4 Å². The SMILES string of the molecule is Cc1ccc(N2CCN(C(=O)c3ccc4c(c3)N(C)C(=O)/C(=C/c3ccc(C(F)(F)F)cc3)S4)C[C@H]2C)cc1. The van der Waals surface area contributed by atoms with Crippen LogP contribution < -0.4 is 9.80 Å². The Hall–Kier alpha value is -3.72. The van der Waals surface area contributed by atoms with E-state index < -0.39 is 11.7 Å². The lowest BCUT2D eigenvalue weighted by atomic mass is 10.1. The third-order valence-electron chi connectivity index (χ3n) is 7.12. The Balaban J connectivity index is 1.31. The molecule has 2 aliphatic heterocycles. The van der Waals surface area contributed by atoms with Crippen LogP contribution in [0.25, 0.3) is 6.08 Å². The highest BCUT2D eigenvalue weighted by molar-refractivity contribution is 8.04. The second-order valence-corrected chi connectivity index (χ2v) is 11.0. The number of hydrogen-bond acceptors (Lipinski definition) is 4. The molecule has 202 valence electrons. The van der Waals surface area contributed by atoms with Gasteiger partial charge in [0.25, 0.3) is 11.8 Å². The van der Waals surface area contributed by atoms with Crippen molar-refractivity contribution in [1.29, 1.82) is 0 Å². The number of thioether (sulfide) groups is 1. The van der Waals surface area contributed by atoms with E-state index in [-0.39, 0.29) is 17.9 Å². The highest BCUT2D eigenvalue weighted by Crippen LogP contribution is 2.42. The summed E-state index contributed by atoms with van der Waals surface area (Å²) in [6.07, 6.45) is -2.83. The summed E-state index contributed by atoms with van der Waals surface area (Å²) in [6.45, 7) is 6.08. The Bertz CT molecular complexity index is 1440. The van der Waals surface area contributed by atoms with E-state index in [1.54, 1.807) is 25.3 Å². The second kappa shape index (κ2) is 10.4. The average Bonchev–Trinajstić information content (AvgIpc) is 2.91. The Morgan fingerprint density at radius 1 is 1.00 bits per heavy atom. The van der Waals surface area contributed by atoms with Gasteiger partial charge in [0.2, 0.25) is 0 Å². The van der Waals surface area contributed by atoms with Gasteiger partial charge in [-0.2, -0.15) is 13.2 Å². The zero-order valence-corrected chi connectivity index (χ0v) is 22.6. The van der Waals surface area contributed by atoms with Gasteiger partial charge >= 0.3 is 6.18 Å². The fraction of sp³-hybridized carbons (Fsp3) is 0.267. The first-order chi connectivity index (χ1) is 18.5. The maximum Gasteiger partial charge on any atom is 0.416 e. The van der Waals surface area contributed by atoms with E-state index in [9.17, 15) is 22.8 Å². The summed E-state index contributed by atoms with van der Waals surface area (Å²) in [4.78, 5) is 33.3. The molecule has 5 nitrogen and oxygen atoms in total. The molecule has 0 bridgehead atoms. The van der Waals surface area contributed by atoms with Gasteiger partial charge in [0.15, 0.2) is 0 Å². The highest BCUT2D eigenvalue weighted by atomic mass is 32.2. The smallest absolute Gasteiger partial charge is 0.365 e. The first-order valence-electron chi connectivity index (χ1n) is 12.6.